The minimum Gasteiger partial charge on any atom is -0.497 e. The quantitative estimate of drug-likeness (QED) is 0.801. The van der Waals surface area contributed by atoms with Gasteiger partial charge in [0.1, 0.15) is 11.3 Å². The third-order valence-corrected chi connectivity index (χ3v) is 5.23. The summed E-state index contributed by atoms with van der Waals surface area (Å²) in [5, 5.41) is 7.29. The minimum absolute atomic E-state index is 0.0163. The Kier molecular flexibility index (Phi) is 5.61. The largest absolute Gasteiger partial charge is 0.497 e. The number of hydrogen-bond acceptors (Lipinski definition) is 5. The van der Waals surface area contributed by atoms with E-state index in [0.29, 0.717) is 29.2 Å². The van der Waals surface area contributed by atoms with Crippen LogP contribution in [0.25, 0.3) is 11.0 Å². The van der Waals surface area contributed by atoms with Crippen molar-refractivity contribution in [2.45, 2.75) is 39.2 Å². The molecule has 6 heteroatoms. The van der Waals surface area contributed by atoms with E-state index in [1.165, 1.54) is 0 Å². The maximum atomic E-state index is 12.4. The fraction of sp³-hybridized carbons (Fsp3) is 0.500. The zero-order valence-corrected chi connectivity index (χ0v) is 15.6. The number of carbonyl (C=O) groups excluding carboxylic acids is 1. The monoisotopic (exact) mass is 358 g/mol. The van der Waals surface area contributed by atoms with Gasteiger partial charge in [0.25, 0.3) is 0 Å². The summed E-state index contributed by atoms with van der Waals surface area (Å²) < 4.78 is 10.6. The van der Waals surface area contributed by atoms with E-state index < -0.39 is 0 Å². The van der Waals surface area contributed by atoms with Crippen molar-refractivity contribution in [2.24, 2.45) is 5.92 Å². The summed E-state index contributed by atoms with van der Waals surface area (Å²) in [4.78, 5) is 24.7. The maximum absolute atomic E-state index is 12.4. The topological polar surface area (TPSA) is 80.6 Å². The van der Waals surface area contributed by atoms with Gasteiger partial charge in [-0.3, -0.25) is 4.79 Å². The lowest BCUT2D eigenvalue weighted by atomic mass is 9.95. The number of methoxy groups -OCH3 is 1. The van der Waals surface area contributed by atoms with Crippen molar-refractivity contribution in [1.29, 1.82) is 0 Å². The molecule has 140 valence electrons. The second kappa shape index (κ2) is 7.91. The van der Waals surface area contributed by atoms with E-state index in [4.69, 9.17) is 9.15 Å². The molecule has 0 saturated carbocycles. The molecule has 0 radical (unpaired) electrons. The van der Waals surface area contributed by atoms with Gasteiger partial charge in [-0.05, 0) is 56.5 Å². The molecular weight excluding hydrogens is 332 g/mol. The lowest BCUT2D eigenvalue weighted by Crippen LogP contribution is -2.48. The molecule has 26 heavy (non-hydrogen) atoms. The molecule has 1 saturated heterocycles. The van der Waals surface area contributed by atoms with Gasteiger partial charge in [-0.15, -0.1) is 0 Å². The van der Waals surface area contributed by atoms with Crippen LogP contribution in [-0.2, 0) is 11.2 Å². The van der Waals surface area contributed by atoms with Gasteiger partial charge in [0.05, 0.1) is 7.11 Å². The fourth-order valence-corrected chi connectivity index (χ4v) is 3.54. The molecule has 1 fully saturated rings. The van der Waals surface area contributed by atoms with Gasteiger partial charge in [-0.25, -0.2) is 4.79 Å². The number of aryl methyl sites for hydroxylation is 1. The third-order valence-electron chi connectivity index (χ3n) is 5.23. The number of piperidine rings is 1. The number of amides is 1. The van der Waals surface area contributed by atoms with E-state index in [9.17, 15) is 9.59 Å². The molecule has 1 aromatic carbocycles. The van der Waals surface area contributed by atoms with E-state index in [1.54, 1.807) is 13.2 Å². The molecule has 0 bridgehead atoms. The Balaban J connectivity index is 1.72. The average molecular weight is 358 g/mol. The van der Waals surface area contributed by atoms with Crippen molar-refractivity contribution in [2.75, 3.05) is 20.2 Å². The molecule has 2 aromatic rings. The summed E-state index contributed by atoms with van der Waals surface area (Å²) in [5.41, 5.74) is 1.55. The van der Waals surface area contributed by atoms with E-state index in [0.717, 1.165) is 30.5 Å². The first kappa shape index (κ1) is 18.5. The number of ether oxygens (including phenoxy) is 1. The summed E-state index contributed by atoms with van der Waals surface area (Å²) in [6.07, 6.45) is 1.59. The molecule has 6 nitrogen and oxygen atoms in total. The minimum atomic E-state index is -0.383. The molecule has 2 heterocycles. The SMILES string of the molecule is COc1ccc2c(C)c(CCC(=O)NC3CCNCC3C)c(=O)oc2c1. The van der Waals surface area contributed by atoms with Gasteiger partial charge >= 0.3 is 5.63 Å². The van der Waals surface area contributed by atoms with Gasteiger partial charge < -0.3 is 19.8 Å². The van der Waals surface area contributed by atoms with Crippen LogP contribution in [0, 0.1) is 12.8 Å². The van der Waals surface area contributed by atoms with Crippen LogP contribution in [-0.4, -0.2) is 32.1 Å². The first-order chi connectivity index (χ1) is 12.5. The lowest BCUT2D eigenvalue weighted by Gasteiger charge is -2.30. The van der Waals surface area contributed by atoms with Crippen molar-refractivity contribution in [3.8, 4) is 5.75 Å². The van der Waals surface area contributed by atoms with Gasteiger partial charge in [0, 0.05) is 29.5 Å². The highest BCUT2D eigenvalue weighted by Crippen LogP contribution is 2.24. The number of hydrogen-bond donors (Lipinski definition) is 2. The molecule has 2 N–H and O–H groups in total. The fourth-order valence-electron chi connectivity index (χ4n) is 3.54. The summed E-state index contributed by atoms with van der Waals surface area (Å²) in [5.74, 6) is 1.04. The van der Waals surface area contributed by atoms with Crippen molar-refractivity contribution in [1.82, 2.24) is 10.6 Å². The number of rotatable bonds is 5. The Morgan fingerprint density at radius 3 is 2.96 bits per heavy atom. The summed E-state index contributed by atoms with van der Waals surface area (Å²) >= 11 is 0. The van der Waals surface area contributed by atoms with Crippen LogP contribution in [0.5, 0.6) is 5.75 Å². The third kappa shape index (κ3) is 3.90. The van der Waals surface area contributed by atoms with Crippen molar-refractivity contribution >= 4 is 16.9 Å². The normalized spacial score (nSPS) is 20.1. The molecule has 1 aliphatic rings. The Labute approximate surface area is 152 Å². The second-order valence-electron chi connectivity index (χ2n) is 7.00. The molecule has 0 aliphatic carbocycles. The Morgan fingerprint density at radius 2 is 2.23 bits per heavy atom. The van der Waals surface area contributed by atoms with Crippen LogP contribution in [0.15, 0.2) is 27.4 Å². The molecule has 2 atom stereocenters. The Morgan fingerprint density at radius 1 is 1.42 bits per heavy atom. The Bertz CT molecular complexity index is 859. The maximum Gasteiger partial charge on any atom is 0.339 e. The molecule has 0 spiro atoms. The van der Waals surface area contributed by atoms with E-state index >= 15 is 0 Å². The summed E-state index contributed by atoms with van der Waals surface area (Å²) in [6, 6.07) is 5.63. The smallest absolute Gasteiger partial charge is 0.339 e. The molecular formula is C20H26N2O4. The van der Waals surface area contributed by atoms with E-state index in [1.807, 2.05) is 19.1 Å². The van der Waals surface area contributed by atoms with Gasteiger partial charge in [0.15, 0.2) is 0 Å². The zero-order chi connectivity index (χ0) is 18.7. The highest BCUT2D eigenvalue weighted by atomic mass is 16.5. The number of nitrogens with one attached hydrogen (secondary N) is 2. The van der Waals surface area contributed by atoms with Gasteiger partial charge in [-0.2, -0.15) is 0 Å². The average Bonchev–Trinajstić information content (AvgIpc) is 2.63. The first-order valence-electron chi connectivity index (χ1n) is 9.10. The van der Waals surface area contributed by atoms with Gasteiger partial charge in [0.2, 0.25) is 5.91 Å². The van der Waals surface area contributed by atoms with Crippen LogP contribution >= 0.6 is 0 Å². The summed E-state index contributed by atoms with van der Waals surface area (Å²) in [7, 11) is 1.57. The molecule has 1 aromatic heterocycles. The first-order valence-corrected chi connectivity index (χ1v) is 9.10. The molecule has 3 rings (SSSR count). The van der Waals surface area contributed by atoms with E-state index in [2.05, 4.69) is 17.6 Å². The molecule has 1 aliphatic heterocycles. The number of carbonyl (C=O) groups is 1. The van der Waals surface area contributed by atoms with Gasteiger partial charge in [-0.1, -0.05) is 6.92 Å². The molecule has 1 amide bonds. The van der Waals surface area contributed by atoms with Crippen LogP contribution in [0.3, 0.4) is 0 Å². The molecule has 2 unspecified atom stereocenters. The predicted octanol–water partition coefficient (Wildman–Crippen LogP) is 2.16. The second-order valence-corrected chi connectivity index (χ2v) is 7.00. The number of fused-ring (bicyclic) bond motifs is 1. The predicted molar refractivity (Wildman–Crippen MR) is 101 cm³/mol. The summed E-state index contributed by atoms with van der Waals surface area (Å²) in [6.45, 7) is 5.87. The van der Waals surface area contributed by atoms with Crippen LogP contribution < -0.4 is 21.0 Å². The highest BCUT2D eigenvalue weighted by molar-refractivity contribution is 5.82. The number of benzene rings is 1. The highest BCUT2D eigenvalue weighted by Gasteiger charge is 2.22. The van der Waals surface area contributed by atoms with Crippen LogP contribution in [0.4, 0.5) is 0 Å². The van der Waals surface area contributed by atoms with Crippen molar-refractivity contribution in [3.05, 3.63) is 39.7 Å². The zero-order valence-electron chi connectivity index (χ0n) is 15.6. The van der Waals surface area contributed by atoms with Crippen LogP contribution in [0.2, 0.25) is 0 Å². The lowest BCUT2D eigenvalue weighted by molar-refractivity contribution is -0.122. The van der Waals surface area contributed by atoms with Crippen molar-refractivity contribution in [3.63, 3.8) is 0 Å². The Hall–Kier alpha value is -2.34. The van der Waals surface area contributed by atoms with E-state index in [-0.39, 0.29) is 24.0 Å². The van der Waals surface area contributed by atoms with Crippen LogP contribution in [0.1, 0.15) is 30.9 Å². The van der Waals surface area contributed by atoms with Crippen molar-refractivity contribution < 1.29 is 13.9 Å². The standard InChI is InChI=1S/C20H26N2O4/c1-12-11-21-9-8-17(12)22-19(23)7-6-16-13(2)15-5-4-14(25-3)10-18(15)26-20(16)24/h4-5,10,12,17,21H,6-9,11H2,1-3H3,(H,22,23).